The predicted molar refractivity (Wildman–Crippen MR) is 76.4 cm³/mol. The van der Waals surface area contributed by atoms with E-state index >= 15 is 0 Å². The second-order valence-electron chi connectivity index (χ2n) is 5.36. The number of carbonyl (C=O) groups is 2. The van der Waals surface area contributed by atoms with E-state index in [0.29, 0.717) is 32.5 Å². The zero-order chi connectivity index (χ0) is 15.5. The van der Waals surface area contributed by atoms with Gasteiger partial charge in [0.1, 0.15) is 11.3 Å². The minimum atomic E-state index is -3.40. The van der Waals surface area contributed by atoms with E-state index in [1.54, 1.807) is 6.92 Å². The number of piperazine rings is 1. The maximum Gasteiger partial charge on any atom is 0.330 e. The minimum absolute atomic E-state index is 0.0551. The van der Waals surface area contributed by atoms with Gasteiger partial charge in [-0.25, -0.2) is 13.2 Å². The summed E-state index contributed by atoms with van der Waals surface area (Å²) in [4.78, 5) is 25.9. The van der Waals surface area contributed by atoms with Gasteiger partial charge >= 0.3 is 5.97 Å². The lowest BCUT2D eigenvalue weighted by atomic mass is 10.1. The molecule has 8 heteroatoms. The Kier molecular flexibility index (Phi) is 5.21. The lowest BCUT2D eigenvalue weighted by Gasteiger charge is -2.37. The van der Waals surface area contributed by atoms with Gasteiger partial charge in [-0.3, -0.25) is 4.79 Å². The monoisotopic (exact) mass is 318 g/mol. The molecule has 2 fully saturated rings. The van der Waals surface area contributed by atoms with Crippen LogP contribution in [0.15, 0.2) is 0 Å². The quantitative estimate of drug-likeness (QED) is 0.693. The molecular weight excluding hydrogens is 296 g/mol. The van der Waals surface area contributed by atoms with Crippen LogP contribution in [0.4, 0.5) is 0 Å². The fraction of sp³-hybridized carbons (Fsp3) is 0.846. The minimum Gasteiger partial charge on any atom is -0.464 e. The van der Waals surface area contributed by atoms with Gasteiger partial charge in [0.05, 0.1) is 12.4 Å². The van der Waals surface area contributed by atoms with E-state index in [-0.39, 0.29) is 12.4 Å². The maximum atomic E-state index is 12.6. The van der Waals surface area contributed by atoms with E-state index in [1.807, 2.05) is 0 Å². The third-order valence-corrected chi connectivity index (χ3v) is 6.10. The lowest BCUT2D eigenvalue weighted by Crippen LogP contribution is -2.60. The molecule has 0 aromatic carbocycles. The molecule has 1 amide bonds. The molecule has 7 nitrogen and oxygen atoms in total. The molecular formula is C13H22N2O5S. The highest BCUT2D eigenvalue weighted by atomic mass is 32.2. The third-order valence-electron chi connectivity index (χ3n) is 3.94. The van der Waals surface area contributed by atoms with Crippen LogP contribution in [-0.4, -0.2) is 68.5 Å². The topological polar surface area (TPSA) is 92.8 Å². The van der Waals surface area contributed by atoms with Gasteiger partial charge in [-0.2, -0.15) is 0 Å². The fourth-order valence-corrected chi connectivity index (χ4v) is 4.69. The maximum absolute atomic E-state index is 12.6. The van der Waals surface area contributed by atoms with Crippen LogP contribution in [-0.2, 0) is 24.2 Å². The van der Waals surface area contributed by atoms with Gasteiger partial charge in [0, 0.05) is 19.6 Å². The molecule has 21 heavy (non-hydrogen) atoms. The van der Waals surface area contributed by atoms with Gasteiger partial charge < -0.3 is 15.0 Å². The molecule has 0 saturated carbocycles. The van der Waals surface area contributed by atoms with Crippen molar-refractivity contribution >= 4 is 21.7 Å². The Labute approximate surface area is 124 Å². The highest BCUT2D eigenvalue weighted by Gasteiger charge is 2.42. The van der Waals surface area contributed by atoms with Gasteiger partial charge in [0.25, 0.3) is 0 Å². The summed E-state index contributed by atoms with van der Waals surface area (Å²) in [5.41, 5.74) is 0. The molecule has 120 valence electrons. The Morgan fingerprint density at radius 2 is 2.10 bits per heavy atom. The number of sulfone groups is 1. The summed E-state index contributed by atoms with van der Waals surface area (Å²) < 4.78 is 29.2. The smallest absolute Gasteiger partial charge is 0.330 e. The van der Waals surface area contributed by atoms with E-state index in [9.17, 15) is 18.0 Å². The normalized spacial score (nSPS) is 28.9. The number of ether oxygens (including phenoxy) is 1. The van der Waals surface area contributed by atoms with Crippen molar-refractivity contribution in [1.82, 2.24) is 10.2 Å². The average Bonchev–Trinajstić information content (AvgIpc) is 2.46. The summed E-state index contributed by atoms with van der Waals surface area (Å²) in [5, 5.41) is 2.04. The van der Waals surface area contributed by atoms with E-state index in [1.165, 1.54) is 4.90 Å². The summed E-state index contributed by atoms with van der Waals surface area (Å²) >= 11 is 0. The van der Waals surface area contributed by atoms with Gasteiger partial charge in [0.15, 0.2) is 9.84 Å². The first-order valence-corrected chi connectivity index (χ1v) is 9.08. The Morgan fingerprint density at radius 3 is 2.76 bits per heavy atom. The van der Waals surface area contributed by atoms with Crippen LogP contribution in [0.25, 0.3) is 0 Å². The van der Waals surface area contributed by atoms with Gasteiger partial charge in [-0.1, -0.05) is 6.42 Å². The lowest BCUT2D eigenvalue weighted by molar-refractivity contribution is -0.155. The largest absolute Gasteiger partial charge is 0.464 e. The molecule has 2 aliphatic heterocycles. The van der Waals surface area contributed by atoms with Crippen LogP contribution in [0, 0.1) is 0 Å². The second kappa shape index (κ2) is 6.74. The van der Waals surface area contributed by atoms with Gasteiger partial charge in [0.2, 0.25) is 5.91 Å². The number of nitrogens with zero attached hydrogens (tertiary/aromatic N) is 1. The van der Waals surface area contributed by atoms with Crippen LogP contribution in [0.1, 0.15) is 26.2 Å². The number of hydrogen-bond acceptors (Lipinski definition) is 6. The van der Waals surface area contributed by atoms with E-state index in [2.05, 4.69) is 5.32 Å². The number of carbonyl (C=O) groups excluding carboxylic acids is 2. The summed E-state index contributed by atoms with van der Waals surface area (Å²) in [6, 6.07) is -0.733. The third kappa shape index (κ3) is 3.55. The molecule has 2 saturated heterocycles. The van der Waals surface area contributed by atoms with Crippen molar-refractivity contribution in [3.8, 4) is 0 Å². The molecule has 0 aliphatic carbocycles. The number of esters is 1. The Balaban J connectivity index is 2.16. The molecule has 2 unspecified atom stereocenters. The van der Waals surface area contributed by atoms with E-state index in [0.717, 1.165) is 6.42 Å². The zero-order valence-corrected chi connectivity index (χ0v) is 13.0. The van der Waals surface area contributed by atoms with E-state index in [4.69, 9.17) is 4.74 Å². The summed E-state index contributed by atoms with van der Waals surface area (Å²) in [5.74, 6) is -0.875. The molecule has 1 N–H and O–H groups in total. The van der Waals surface area contributed by atoms with Crippen molar-refractivity contribution in [1.29, 1.82) is 0 Å². The summed E-state index contributed by atoms with van der Waals surface area (Å²) in [7, 11) is -3.40. The van der Waals surface area contributed by atoms with Crippen molar-refractivity contribution in [2.75, 3.05) is 32.0 Å². The Bertz CT molecular complexity index is 505. The standard InChI is InChI=1S/C13H22N2O5S/c1-2-20-13(17)10-9-14-6-7-15(10)12(16)11-5-3-4-8-21(11,18)19/h10-11,14H,2-9H2,1H3. The molecule has 0 bridgehead atoms. The van der Waals surface area contributed by atoms with Crippen molar-refractivity contribution in [3.63, 3.8) is 0 Å². The van der Waals surface area contributed by atoms with Crippen molar-refractivity contribution in [3.05, 3.63) is 0 Å². The molecule has 0 aromatic rings. The summed E-state index contributed by atoms with van der Waals surface area (Å²) in [6.45, 7) is 3.12. The van der Waals surface area contributed by atoms with Crippen molar-refractivity contribution in [2.24, 2.45) is 0 Å². The molecule has 0 aromatic heterocycles. The summed E-state index contributed by atoms with van der Waals surface area (Å²) in [6.07, 6.45) is 1.68. The van der Waals surface area contributed by atoms with Crippen molar-refractivity contribution in [2.45, 2.75) is 37.5 Å². The first-order chi connectivity index (χ1) is 9.97. The zero-order valence-electron chi connectivity index (χ0n) is 12.2. The first-order valence-electron chi connectivity index (χ1n) is 7.36. The highest BCUT2D eigenvalue weighted by Crippen LogP contribution is 2.23. The molecule has 2 heterocycles. The molecule has 0 radical (unpaired) electrons. The van der Waals surface area contributed by atoms with Crippen LogP contribution in [0.5, 0.6) is 0 Å². The molecule has 2 rings (SSSR count). The first kappa shape index (κ1) is 16.2. The van der Waals surface area contributed by atoms with Crippen molar-refractivity contribution < 1.29 is 22.7 Å². The molecule has 0 spiro atoms. The van der Waals surface area contributed by atoms with Crippen LogP contribution in [0.2, 0.25) is 0 Å². The fourth-order valence-electron chi connectivity index (χ4n) is 2.83. The SMILES string of the molecule is CCOC(=O)C1CNCCN1C(=O)C1CCCCS1(=O)=O. The number of hydrogen-bond donors (Lipinski definition) is 1. The molecule has 2 aliphatic rings. The molecule has 2 atom stereocenters. The Morgan fingerprint density at radius 1 is 1.33 bits per heavy atom. The number of rotatable bonds is 3. The van der Waals surface area contributed by atoms with Gasteiger partial charge in [-0.05, 0) is 19.8 Å². The van der Waals surface area contributed by atoms with Crippen LogP contribution in [0.3, 0.4) is 0 Å². The Hall–Kier alpha value is -1.15. The highest BCUT2D eigenvalue weighted by molar-refractivity contribution is 7.92. The van der Waals surface area contributed by atoms with Crippen LogP contribution < -0.4 is 5.32 Å². The number of nitrogens with one attached hydrogen (secondary N) is 1. The van der Waals surface area contributed by atoms with Crippen LogP contribution >= 0.6 is 0 Å². The number of amides is 1. The predicted octanol–water partition coefficient (Wildman–Crippen LogP) is -0.683. The average molecular weight is 318 g/mol. The van der Waals surface area contributed by atoms with Gasteiger partial charge in [-0.15, -0.1) is 0 Å². The van der Waals surface area contributed by atoms with E-state index < -0.39 is 33.0 Å². The second-order valence-corrected chi connectivity index (χ2v) is 7.66.